The van der Waals surface area contributed by atoms with E-state index in [1.807, 2.05) is 36.4 Å². The van der Waals surface area contributed by atoms with Gasteiger partial charge in [-0.2, -0.15) is 0 Å². The van der Waals surface area contributed by atoms with Gasteiger partial charge < -0.3 is 10.1 Å². The molecule has 2 N–H and O–H groups in total. The summed E-state index contributed by atoms with van der Waals surface area (Å²) in [6.45, 7) is 0. The number of phenols is 1. The molecule has 0 saturated carbocycles. The first-order valence-electron chi connectivity index (χ1n) is 7.67. The molecule has 0 atom stereocenters. The molecular weight excluding hydrogens is 300 g/mol. The average Bonchev–Trinajstić information content (AvgIpc) is 2.59. The molecule has 1 aromatic heterocycles. The number of aromatic nitrogens is 2. The summed E-state index contributed by atoms with van der Waals surface area (Å²) in [5.74, 6) is 0.242. The van der Waals surface area contributed by atoms with Crippen LogP contribution in [0.15, 0.2) is 65.5 Å². The summed E-state index contributed by atoms with van der Waals surface area (Å²) in [4.78, 5) is 19.8. The Morgan fingerprint density at radius 2 is 1.62 bits per heavy atom. The van der Waals surface area contributed by atoms with Crippen LogP contribution in [0, 0.1) is 0 Å². The molecule has 4 aromatic carbocycles. The molecule has 0 aliphatic rings. The number of aromatic amines is 1. The van der Waals surface area contributed by atoms with Gasteiger partial charge >= 0.3 is 0 Å². The standard InChI is InChI=1S/C20H12N2O2/c23-13-3-5-15-11(9-13)1-7-17-19(15)22-18-8-2-12-10-14(24)4-6-16(12)20(18)21-17/h1-10,21,23H. The van der Waals surface area contributed by atoms with Gasteiger partial charge in [0, 0.05) is 10.8 Å². The first-order valence-corrected chi connectivity index (χ1v) is 7.67. The topological polar surface area (TPSA) is 66.0 Å². The number of phenolic OH excluding ortho intramolecular Hbond substituents is 1. The van der Waals surface area contributed by atoms with Crippen LogP contribution in [-0.4, -0.2) is 15.1 Å². The van der Waals surface area contributed by atoms with E-state index in [0.29, 0.717) is 0 Å². The zero-order valence-electron chi connectivity index (χ0n) is 12.6. The van der Waals surface area contributed by atoms with Crippen LogP contribution in [0.2, 0.25) is 0 Å². The van der Waals surface area contributed by atoms with Crippen LogP contribution < -0.4 is 5.43 Å². The van der Waals surface area contributed by atoms with E-state index in [4.69, 9.17) is 4.98 Å². The molecule has 0 bridgehead atoms. The highest BCUT2D eigenvalue weighted by Crippen LogP contribution is 2.29. The van der Waals surface area contributed by atoms with E-state index in [1.54, 1.807) is 24.3 Å². The van der Waals surface area contributed by atoms with E-state index in [-0.39, 0.29) is 11.2 Å². The minimum absolute atomic E-state index is 0.00130. The predicted molar refractivity (Wildman–Crippen MR) is 96.5 cm³/mol. The van der Waals surface area contributed by atoms with Gasteiger partial charge in [0.25, 0.3) is 0 Å². The Morgan fingerprint density at radius 3 is 2.54 bits per heavy atom. The third-order valence-electron chi connectivity index (χ3n) is 4.44. The second-order valence-corrected chi connectivity index (χ2v) is 5.95. The van der Waals surface area contributed by atoms with Gasteiger partial charge in [-0.05, 0) is 59.3 Å². The van der Waals surface area contributed by atoms with Crippen molar-refractivity contribution < 1.29 is 5.11 Å². The molecule has 0 aliphatic carbocycles. The minimum atomic E-state index is 0.00130. The molecule has 5 aromatic rings. The van der Waals surface area contributed by atoms with Crippen molar-refractivity contribution in [1.82, 2.24) is 9.97 Å². The second kappa shape index (κ2) is 4.55. The van der Waals surface area contributed by atoms with Gasteiger partial charge in [0.1, 0.15) is 5.75 Å². The monoisotopic (exact) mass is 312 g/mol. The third-order valence-corrected chi connectivity index (χ3v) is 4.44. The molecule has 4 heteroatoms. The molecule has 5 rings (SSSR count). The summed E-state index contributed by atoms with van der Waals surface area (Å²) in [5, 5.41) is 13.5. The maximum absolute atomic E-state index is 11.6. The van der Waals surface area contributed by atoms with E-state index >= 15 is 0 Å². The van der Waals surface area contributed by atoms with Gasteiger partial charge in [-0.15, -0.1) is 0 Å². The Bertz CT molecular complexity index is 1340. The maximum atomic E-state index is 11.6. The summed E-state index contributed by atoms with van der Waals surface area (Å²) >= 11 is 0. The van der Waals surface area contributed by atoms with E-state index in [0.717, 1.165) is 43.6 Å². The molecule has 1 heterocycles. The quantitative estimate of drug-likeness (QED) is 0.334. The highest BCUT2D eigenvalue weighted by molar-refractivity contribution is 6.10. The minimum Gasteiger partial charge on any atom is -0.508 e. The molecule has 0 fully saturated rings. The molecule has 0 radical (unpaired) electrons. The van der Waals surface area contributed by atoms with Crippen LogP contribution in [0.4, 0.5) is 0 Å². The number of aromatic hydroxyl groups is 1. The van der Waals surface area contributed by atoms with Crippen molar-refractivity contribution in [3.63, 3.8) is 0 Å². The fraction of sp³-hybridized carbons (Fsp3) is 0. The van der Waals surface area contributed by atoms with Crippen molar-refractivity contribution in [2.24, 2.45) is 0 Å². The fourth-order valence-corrected chi connectivity index (χ4v) is 3.30. The number of fused-ring (bicyclic) bond motifs is 6. The second-order valence-electron chi connectivity index (χ2n) is 5.95. The number of hydrogen-bond acceptors (Lipinski definition) is 3. The largest absolute Gasteiger partial charge is 0.508 e. The van der Waals surface area contributed by atoms with Crippen LogP contribution in [0.5, 0.6) is 5.75 Å². The summed E-state index contributed by atoms with van der Waals surface area (Å²) in [6.07, 6.45) is 0. The number of nitrogens with zero attached hydrogens (tertiary/aromatic N) is 1. The lowest BCUT2D eigenvalue weighted by atomic mass is 10.1. The molecule has 0 amide bonds. The van der Waals surface area contributed by atoms with E-state index in [1.165, 1.54) is 0 Å². The van der Waals surface area contributed by atoms with Gasteiger partial charge in [-0.1, -0.05) is 12.1 Å². The van der Waals surface area contributed by atoms with Gasteiger partial charge in [-0.3, -0.25) is 4.79 Å². The SMILES string of the molecule is O=c1ccc2c(ccc3nc4c(ccc5cc(O)ccc54)[nH]c32)c1. The molecule has 4 nitrogen and oxygen atoms in total. The normalized spacial score (nSPS) is 11.7. The van der Waals surface area contributed by atoms with Crippen LogP contribution in [-0.2, 0) is 0 Å². The van der Waals surface area contributed by atoms with E-state index < -0.39 is 0 Å². The molecule has 24 heavy (non-hydrogen) atoms. The molecule has 114 valence electrons. The van der Waals surface area contributed by atoms with E-state index in [9.17, 15) is 9.90 Å². The zero-order chi connectivity index (χ0) is 16.3. The van der Waals surface area contributed by atoms with Gasteiger partial charge in [0.2, 0.25) is 0 Å². The van der Waals surface area contributed by atoms with Gasteiger partial charge in [-0.25, -0.2) is 4.98 Å². The predicted octanol–water partition coefficient (Wildman–Crippen LogP) is 4.09. The Hall–Kier alpha value is -3.40. The van der Waals surface area contributed by atoms with Gasteiger partial charge in [0.05, 0.1) is 22.1 Å². The van der Waals surface area contributed by atoms with Crippen LogP contribution >= 0.6 is 0 Å². The number of rotatable bonds is 0. The molecular formula is C20H12N2O2. The average molecular weight is 312 g/mol. The number of benzene rings is 4. The van der Waals surface area contributed by atoms with Crippen molar-refractivity contribution in [3.8, 4) is 5.75 Å². The van der Waals surface area contributed by atoms with Crippen molar-refractivity contribution >= 4 is 43.6 Å². The number of H-pyrrole nitrogens is 1. The van der Waals surface area contributed by atoms with Crippen molar-refractivity contribution in [2.45, 2.75) is 0 Å². The smallest absolute Gasteiger partial charge is 0.179 e. The van der Waals surface area contributed by atoms with Crippen molar-refractivity contribution in [3.05, 3.63) is 70.9 Å². The lowest BCUT2D eigenvalue weighted by Gasteiger charge is -2.08. The molecule has 0 spiro atoms. The van der Waals surface area contributed by atoms with Crippen LogP contribution in [0.25, 0.3) is 43.6 Å². The first-order chi connectivity index (χ1) is 11.7. The lowest BCUT2D eigenvalue weighted by Crippen LogP contribution is -1.96. The Balaban J connectivity index is 1.97. The Morgan fingerprint density at radius 1 is 0.833 bits per heavy atom. The highest BCUT2D eigenvalue weighted by Gasteiger charge is 2.08. The summed E-state index contributed by atoms with van der Waals surface area (Å²) in [7, 11) is 0. The number of hydrogen-bond donors (Lipinski definition) is 2. The summed E-state index contributed by atoms with van der Waals surface area (Å²) in [6, 6.07) is 18.1. The first kappa shape index (κ1) is 13.1. The van der Waals surface area contributed by atoms with Crippen LogP contribution in [0.3, 0.4) is 0 Å². The fourth-order valence-electron chi connectivity index (χ4n) is 3.30. The van der Waals surface area contributed by atoms with Crippen molar-refractivity contribution in [1.29, 1.82) is 0 Å². The summed E-state index contributed by atoms with van der Waals surface area (Å²) in [5.41, 5.74) is 3.54. The third kappa shape index (κ3) is 1.80. The van der Waals surface area contributed by atoms with Gasteiger partial charge in [0.15, 0.2) is 5.43 Å². The summed E-state index contributed by atoms with van der Waals surface area (Å²) < 4.78 is 0. The number of nitrogens with one attached hydrogen (secondary N) is 1. The Kier molecular flexibility index (Phi) is 2.48. The molecule has 0 aliphatic heterocycles. The lowest BCUT2D eigenvalue weighted by molar-refractivity contribution is 0.476. The van der Waals surface area contributed by atoms with E-state index in [2.05, 4.69) is 4.98 Å². The maximum Gasteiger partial charge on any atom is 0.179 e. The Labute approximate surface area is 136 Å². The zero-order valence-corrected chi connectivity index (χ0v) is 12.6. The highest BCUT2D eigenvalue weighted by atomic mass is 16.3. The molecule has 0 unspecified atom stereocenters. The van der Waals surface area contributed by atoms with Crippen molar-refractivity contribution in [2.75, 3.05) is 0 Å². The van der Waals surface area contributed by atoms with Crippen LogP contribution in [0.1, 0.15) is 0 Å². The molecule has 0 saturated heterocycles.